The molecule has 0 aliphatic rings. The summed E-state index contributed by atoms with van der Waals surface area (Å²) >= 11 is 6.20. The SMILES string of the molecule is C[C@H](N)CCCc1cc(Cl)c(F)c(-c2cc3cn(-c4ccc([C@@H](NCCCN=C(N)N)C(F)F)cc4)c(=O)nc3[nH]2)c1. The van der Waals surface area contributed by atoms with Gasteiger partial charge in [-0.3, -0.25) is 9.56 Å². The van der Waals surface area contributed by atoms with Crippen LogP contribution in [0, 0.1) is 5.82 Å². The van der Waals surface area contributed by atoms with E-state index < -0.39 is 24.0 Å². The Morgan fingerprint density at radius 2 is 1.90 bits per heavy atom. The first-order valence-corrected chi connectivity index (χ1v) is 13.9. The lowest BCUT2D eigenvalue weighted by Gasteiger charge is -2.18. The molecule has 2 atom stereocenters. The van der Waals surface area contributed by atoms with Crippen molar-refractivity contribution >= 4 is 28.6 Å². The lowest BCUT2D eigenvalue weighted by Crippen LogP contribution is -2.29. The number of nitrogens with two attached hydrogens (primary N) is 3. The van der Waals surface area contributed by atoms with Gasteiger partial charge in [0.15, 0.2) is 11.8 Å². The molecule has 0 saturated heterocycles. The summed E-state index contributed by atoms with van der Waals surface area (Å²) in [6.07, 6.45) is 1.74. The van der Waals surface area contributed by atoms with Gasteiger partial charge in [0, 0.05) is 29.7 Å². The molecular weight excluding hydrogens is 569 g/mol. The molecule has 0 unspecified atom stereocenters. The fraction of sp³-hybridized carbons (Fsp3) is 0.345. The Morgan fingerprint density at radius 3 is 2.57 bits per heavy atom. The molecule has 4 aromatic rings. The van der Waals surface area contributed by atoms with Crippen LogP contribution in [0.2, 0.25) is 5.02 Å². The summed E-state index contributed by atoms with van der Waals surface area (Å²) in [5.41, 5.74) is 18.4. The summed E-state index contributed by atoms with van der Waals surface area (Å²) in [6.45, 7) is 2.54. The number of rotatable bonds is 13. The molecule has 2 heterocycles. The third-order valence-corrected chi connectivity index (χ3v) is 7.06. The van der Waals surface area contributed by atoms with E-state index >= 15 is 4.39 Å². The van der Waals surface area contributed by atoms with Crippen LogP contribution < -0.4 is 28.2 Å². The number of aryl methyl sites for hydroxylation is 1. The minimum Gasteiger partial charge on any atom is -0.370 e. The molecule has 42 heavy (non-hydrogen) atoms. The number of benzene rings is 2. The standard InChI is InChI=1S/C29H34ClF3N8O/c1-16(34)4-2-5-17-12-21(24(31)22(30)13-17)23-14-19-15-41(29(42)40-27(19)39-23)20-8-6-18(7-9-20)25(26(32)33)37-10-3-11-38-28(35)36/h6-9,12-16,25-26,37H,2-5,10-11,34H2,1H3,(H4,35,36,38)(H,39,40,42)/t16-,25+/m0/s1. The van der Waals surface area contributed by atoms with Crippen LogP contribution in [-0.4, -0.2) is 46.1 Å². The van der Waals surface area contributed by atoms with E-state index in [-0.39, 0.29) is 34.8 Å². The molecule has 4 rings (SSSR count). The first kappa shape index (κ1) is 31.1. The second kappa shape index (κ2) is 13.9. The first-order valence-electron chi connectivity index (χ1n) is 13.6. The number of halogens is 4. The van der Waals surface area contributed by atoms with E-state index in [0.29, 0.717) is 41.7 Å². The molecule has 0 spiro atoms. The zero-order valence-corrected chi connectivity index (χ0v) is 23.8. The zero-order chi connectivity index (χ0) is 30.4. The van der Waals surface area contributed by atoms with Gasteiger partial charge in [-0.25, -0.2) is 18.0 Å². The van der Waals surface area contributed by atoms with Crippen molar-refractivity contribution in [2.75, 3.05) is 13.1 Å². The molecule has 0 saturated carbocycles. The predicted octanol–water partition coefficient (Wildman–Crippen LogP) is 4.40. The van der Waals surface area contributed by atoms with Gasteiger partial charge in [0.2, 0.25) is 0 Å². The van der Waals surface area contributed by atoms with Crippen LogP contribution in [0.25, 0.3) is 28.0 Å². The summed E-state index contributed by atoms with van der Waals surface area (Å²) < 4.78 is 43.9. The summed E-state index contributed by atoms with van der Waals surface area (Å²) in [4.78, 5) is 23.8. The number of nitrogens with one attached hydrogen (secondary N) is 2. The van der Waals surface area contributed by atoms with Gasteiger partial charge in [0.1, 0.15) is 5.65 Å². The van der Waals surface area contributed by atoms with E-state index in [9.17, 15) is 13.6 Å². The number of aromatic nitrogens is 3. The number of hydrogen-bond acceptors (Lipinski definition) is 5. The molecule has 9 nitrogen and oxygen atoms in total. The second-order valence-electron chi connectivity index (χ2n) is 10.2. The number of fused-ring (bicyclic) bond motifs is 1. The fourth-order valence-electron chi connectivity index (χ4n) is 4.68. The van der Waals surface area contributed by atoms with Gasteiger partial charge < -0.3 is 27.5 Å². The normalized spacial score (nSPS) is 13.0. The van der Waals surface area contributed by atoms with Crippen LogP contribution in [0.1, 0.15) is 43.4 Å². The van der Waals surface area contributed by atoms with Crippen molar-refractivity contribution in [1.29, 1.82) is 0 Å². The molecule has 0 aliphatic heterocycles. The average molecular weight is 603 g/mol. The molecule has 0 bridgehead atoms. The molecule has 0 radical (unpaired) electrons. The smallest absolute Gasteiger partial charge is 0.354 e. The van der Waals surface area contributed by atoms with Gasteiger partial charge in [0.25, 0.3) is 6.43 Å². The highest BCUT2D eigenvalue weighted by Crippen LogP contribution is 2.31. The average Bonchev–Trinajstić information content (AvgIpc) is 3.34. The fourth-order valence-corrected chi connectivity index (χ4v) is 4.92. The van der Waals surface area contributed by atoms with Crippen molar-refractivity contribution in [3.63, 3.8) is 0 Å². The molecule has 2 aromatic carbocycles. The predicted molar refractivity (Wildman–Crippen MR) is 161 cm³/mol. The maximum Gasteiger partial charge on any atom is 0.354 e. The molecular formula is C29H34ClF3N8O. The highest BCUT2D eigenvalue weighted by molar-refractivity contribution is 6.31. The van der Waals surface area contributed by atoms with Crippen LogP contribution in [0.15, 0.2) is 58.4 Å². The minimum absolute atomic E-state index is 0.0000627. The van der Waals surface area contributed by atoms with Crippen molar-refractivity contribution in [2.45, 2.75) is 51.1 Å². The summed E-state index contributed by atoms with van der Waals surface area (Å²) in [5, 5.41) is 3.37. The van der Waals surface area contributed by atoms with Crippen molar-refractivity contribution in [3.8, 4) is 16.9 Å². The van der Waals surface area contributed by atoms with E-state index in [4.69, 9.17) is 28.8 Å². The van der Waals surface area contributed by atoms with E-state index in [1.54, 1.807) is 36.5 Å². The van der Waals surface area contributed by atoms with Crippen LogP contribution in [-0.2, 0) is 6.42 Å². The lowest BCUT2D eigenvalue weighted by atomic mass is 10.0. The highest BCUT2D eigenvalue weighted by Gasteiger charge is 2.22. The molecule has 8 N–H and O–H groups in total. The monoisotopic (exact) mass is 602 g/mol. The van der Waals surface area contributed by atoms with E-state index in [0.717, 1.165) is 18.4 Å². The van der Waals surface area contributed by atoms with Crippen LogP contribution >= 0.6 is 11.6 Å². The molecule has 13 heteroatoms. The van der Waals surface area contributed by atoms with Crippen molar-refractivity contribution in [1.82, 2.24) is 19.9 Å². The van der Waals surface area contributed by atoms with Gasteiger partial charge in [0.05, 0.1) is 22.4 Å². The van der Waals surface area contributed by atoms with Gasteiger partial charge >= 0.3 is 5.69 Å². The Morgan fingerprint density at radius 1 is 1.17 bits per heavy atom. The number of H-pyrrole nitrogens is 1. The number of alkyl halides is 2. The van der Waals surface area contributed by atoms with Crippen LogP contribution in [0.4, 0.5) is 13.2 Å². The quantitative estimate of drug-likeness (QED) is 0.0868. The summed E-state index contributed by atoms with van der Waals surface area (Å²) in [5.74, 6) is -0.632. The third kappa shape index (κ3) is 7.69. The first-order chi connectivity index (χ1) is 20.0. The van der Waals surface area contributed by atoms with E-state index in [2.05, 4.69) is 20.3 Å². The molecule has 0 fully saturated rings. The molecule has 0 amide bonds. The highest BCUT2D eigenvalue weighted by atomic mass is 35.5. The molecule has 0 aliphatic carbocycles. The third-order valence-electron chi connectivity index (χ3n) is 6.79. The van der Waals surface area contributed by atoms with Crippen molar-refractivity contribution in [2.24, 2.45) is 22.2 Å². The number of guanidine groups is 1. The molecule has 224 valence electrons. The van der Waals surface area contributed by atoms with E-state index in [1.807, 2.05) is 6.92 Å². The Bertz CT molecular complexity index is 1600. The molecule has 2 aromatic heterocycles. The maximum absolute atomic E-state index is 15.0. The van der Waals surface area contributed by atoms with Gasteiger partial charge in [-0.1, -0.05) is 23.7 Å². The Kier molecular flexibility index (Phi) is 10.3. The number of aliphatic imine (C=N–C) groups is 1. The van der Waals surface area contributed by atoms with Gasteiger partial charge in [-0.15, -0.1) is 0 Å². The van der Waals surface area contributed by atoms with Crippen LogP contribution in [0.3, 0.4) is 0 Å². The Labute approximate surface area is 246 Å². The summed E-state index contributed by atoms with van der Waals surface area (Å²) in [7, 11) is 0. The largest absolute Gasteiger partial charge is 0.370 e. The maximum atomic E-state index is 15.0. The lowest BCUT2D eigenvalue weighted by molar-refractivity contribution is 0.0984. The van der Waals surface area contributed by atoms with Crippen LogP contribution in [0.5, 0.6) is 0 Å². The second-order valence-corrected chi connectivity index (χ2v) is 10.6. The zero-order valence-electron chi connectivity index (χ0n) is 23.1. The van der Waals surface area contributed by atoms with Gasteiger partial charge in [-0.05, 0) is 80.6 Å². The van der Waals surface area contributed by atoms with Gasteiger partial charge in [-0.2, -0.15) is 4.98 Å². The van der Waals surface area contributed by atoms with Crippen molar-refractivity contribution < 1.29 is 13.2 Å². The van der Waals surface area contributed by atoms with Crippen molar-refractivity contribution in [3.05, 3.63) is 81.1 Å². The minimum atomic E-state index is -2.66. The Hall–Kier alpha value is -3.87. The topological polar surface area (TPSA) is 153 Å². The number of aromatic amines is 1. The Balaban J connectivity index is 1.57. The van der Waals surface area contributed by atoms with E-state index in [1.165, 1.54) is 16.7 Å². The summed E-state index contributed by atoms with van der Waals surface area (Å²) in [6, 6.07) is 10.1. The number of hydrogen-bond donors (Lipinski definition) is 5. The number of nitrogens with zero attached hydrogens (tertiary/aromatic N) is 3.